The fourth-order valence-corrected chi connectivity index (χ4v) is 4.91. The van der Waals surface area contributed by atoms with Gasteiger partial charge >= 0.3 is 6.03 Å². The summed E-state index contributed by atoms with van der Waals surface area (Å²) in [6, 6.07) is -0.345. The number of hydrogen-bond donors (Lipinski definition) is 3. The van der Waals surface area contributed by atoms with Crippen LogP contribution in [0, 0.1) is 5.92 Å². The first kappa shape index (κ1) is 17.5. The van der Waals surface area contributed by atoms with Crippen LogP contribution >= 0.6 is 0 Å². The molecule has 0 aromatic carbocycles. The molecule has 2 fully saturated rings. The van der Waals surface area contributed by atoms with Gasteiger partial charge in [0.15, 0.2) is 9.84 Å². The van der Waals surface area contributed by atoms with Crippen molar-refractivity contribution in [2.75, 3.05) is 44.2 Å². The first-order valence-corrected chi connectivity index (χ1v) is 9.89. The maximum atomic E-state index is 11.7. The van der Waals surface area contributed by atoms with Crippen molar-refractivity contribution in [3.05, 3.63) is 0 Å². The fourth-order valence-electron chi connectivity index (χ4n) is 3.05. The molecular formula is C14H27N3O4S. The van der Waals surface area contributed by atoms with Crippen LogP contribution in [0.4, 0.5) is 4.79 Å². The third-order valence-corrected chi connectivity index (χ3v) is 6.13. The second kappa shape index (κ2) is 8.12. The average Bonchev–Trinajstić information content (AvgIpc) is 2.83. The van der Waals surface area contributed by atoms with E-state index in [9.17, 15) is 18.3 Å². The van der Waals surface area contributed by atoms with Crippen LogP contribution < -0.4 is 10.6 Å². The Morgan fingerprint density at radius 3 is 2.59 bits per heavy atom. The Labute approximate surface area is 132 Å². The molecule has 128 valence electrons. The van der Waals surface area contributed by atoms with Crippen molar-refractivity contribution in [1.29, 1.82) is 0 Å². The van der Waals surface area contributed by atoms with Crippen molar-refractivity contribution in [2.45, 2.75) is 31.8 Å². The summed E-state index contributed by atoms with van der Waals surface area (Å²) in [5.74, 6) is 0.384. The molecule has 0 aromatic heterocycles. The van der Waals surface area contributed by atoms with Crippen LogP contribution in [-0.2, 0) is 9.84 Å². The summed E-state index contributed by atoms with van der Waals surface area (Å²) in [6.45, 7) is 3.19. The number of aliphatic hydroxyl groups is 1. The second-order valence-electron chi connectivity index (χ2n) is 6.38. The van der Waals surface area contributed by atoms with Gasteiger partial charge in [0.1, 0.15) is 0 Å². The number of sulfone groups is 1. The second-order valence-corrected chi connectivity index (χ2v) is 8.60. The minimum absolute atomic E-state index is 0.00836. The zero-order valence-corrected chi connectivity index (χ0v) is 13.8. The van der Waals surface area contributed by atoms with E-state index in [0.29, 0.717) is 19.5 Å². The largest absolute Gasteiger partial charge is 0.390 e. The number of rotatable bonds is 6. The summed E-state index contributed by atoms with van der Waals surface area (Å²) in [6.07, 6.45) is 3.64. The third kappa shape index (κ3) is 6.10. The van der Waals surface area contributed by atoms with Crippen LogP contribution in [0.2, 0.25) is 0 Å². The lowest BCUT2D eigenvalue weighted by molar-refractivity contribution is 0.101. The number of amides is 2. The van der Waals surface area contributed by atoms with Gasteiger partial charge in [-0.05, 0) is 38.3 Å². The molecule has 3 N–H and O–H groups in total. The molecule has 0 spiro atoms. The van der Waals surface area contributed by atoms with Crippen LogP contribution in [-0.4, -0.2) is 74.8 Å². The van der Waals surface area contributed by atoms with E-state index < -0.39 is 15.9 Å². The minimum Gasteiger partial charge on any atom is -0.390 e. The number of piperidine rings is 1. The highest BCUT2D eigenvalue weighted by Gasteiger charge is 2.27. The van der Waals surface area contributed by atoms with E-state index in [1.165, 1.54) is 19.3 Å². The average molecular weight is 333 g/mol. The highest BCUT2D eigenvalue weighted by molar-refractivity contribution is 7.91. The number of carbonyl (C=O) groups is 1. The van der Waals surface area contributed by atoms with Gasteiger partial charge in [-0.2, -0.15) is 0 Å². The molecule has 7 nitrogen and oxygen atoms in total. The Kier molecular flexibility index (Phi) is 6.46. The van der Waals surface area contributed by atoms with Crippen molar-refractivity contribution in [1.82, 2.24) is 15.5 Å². The number of β-amino-alcohol motifs (C(OH)–C–C–N with tert-alkyl or cyclic N) is 1. The molecule has 2 rings (SSSR count). The lowest BCUT2D eigenvalue weighted by atomic mass is 10.1. The maximum Gasteiger partial charge on any atom is 0.314 e. The van der Waals surface area contributed by atoms with Crippen molar-refractivity contribution < 1.29 is 18.3 Å². The lowest BCUT2D eigenvalue weighted by Gasteiger charge is -2.28. The van der Waals surface area contributed by atoms with Gasteiger partial charge < -0.3 is 20.6 Å². The molecule has 0 aromatic rings. The number of likely N-dealkylation sites (tertiary alicyclic amines) is 1. The van der Waals surface area contributed by atoms with E-state index >= 15 is 0 Å². The van der Waals surface area contributed by atoms with Gasteiger partial charge in [0.25, 0.3) is 0 Å². The number of nitrogens with one attached hydrogen (secondary N) is 2. The zero-order valence-electron chi connectivity index (χ0n) is 13.0. The molecule has 0 saturated carbocycles. The van der Waals surface area contributed by atoms with Crippen LogP contribution in [0.5, 0.6) is 0 Å². The molecule has 2 unspecified atom stereocenters. The molecule has 0 radical (unpaired) electrons. The molecule has 2 saturated heterocycles. The maximum absolute atomic E-state index is 11.7. The van der Waals surface area contributed by atoms with E-state index in [4.69, 9.17) is 0 Å². The molecule has 2 amide bonds. The smallest absolute Gasteiger partial charge is 0.314 e. The van der Waals surface area contributed by atoms with E-state index in [2.05, 4.69) is 15.5 Å². The predicted molar refractivity (Wildman–Crippen MR) is 84.5 cm³/mol. The zero-order chi connectivity index (χ0) is 16.0. The van der Waals surface area contributed by atoms with E-state index in [1.807, 2.05) is 0 Å². The Morgan fingerprint density at radius 2 is 1.95 bits per heavy atom. The van der Waals surface area contributed by atoms with Crippen LogP contribution in [0.1, 0.15) is 25.7 Å². The molecule has 2 heterocycles. The van der Waals surface area contributed by atoms with Gasteiger partial charge in [-0.25, -0.2) is 13.2 Å². The number of carbonyl (C=O) groups excluding carboxylic acids is 1. The van der Waals surface area contributed by atoms with Crippen molar-refractivity contribution in [3.63, 3.8) is 0 Å². The Bertz CT molecular complexity index is 463. The predicted octanol–water partition coefficient (Wildman–Crippen LogP) is -0.433. The number of nitrogens with zero attached hydrogens (tertiary/aromatic N) is 1. The Balaban J connectivity index is 1.57. The summed E-state index contributed by atoms with van der Waals surface area (Å²) in [7, 11) is -2.90. The summed E-state index contributed by atoms with van der Waals surface area (Å²) in [4.78, 5) is 13.9. The van der Waals surface area contributed by atoms with Crippen LogP contribution in [0.15, 0.2) is 0 Å². The van der Waals surface area contributed by atoms with Gasteiger partial charge in [0.2, 0.25) is 0 Å². The molecule has 8 heteroatoms. The van der Waals surface area contributed by atoms with Crippen LogP contribution in [0.3, 0.4) is 0 Å². The van der Waals surface area contributed by atoms with Gasteiger partial charge in [-0.3, -0.25) is 0 Å². The fraction of sp³-hybridized carbons (Fsp3) is 0.929. The number of urea groups is 1. The Morgan fingerprint density at radius 1 is 1.23 bits per heavy atom. The minimum atomic E-state index is -2.90. The summed E-state index contributed by atoms with van der Waals surface area (Å²) in [5.41, 5.74) is 0. The molecule has 22 heavy (non-hydrogen) atoms. The monoisotopic (exact) mass is 333 g/mol. The standard InChI is InChI=1S/C14H27N3O4S/c18-13(10-17-5-2-1-3-6-17)9-16-14(19)15-8-12-4-7-22(20,21)11-12/h12-13,18H,1-11H2,(H2,15,16,19). The molecular weight excluding hydrogens is 306 g/mol. The van der Waals surface area contributed by atoms with Crippen molar-refractivity contribution in [2.24, 2.45) is 5.92 Å². The van der Waals surface area contributed by atoms with E-state index in [-0.39, 0.29) is 30.0 Å². The topological polar surface area (TPSA) is 98.7 Å². The van der Waals surface area contributed by atoms with Gasteiger partial charge in [0.05, 0.1) is 17.6 Å². The first-order chi connectivity index (χ1) is 10.4. The molecule has 2 aliphatic rings. The van der Waals surface area contributed by atoms with Crippen LogP contribution in [0.25, 0.3) is 0 Å². The van der Waals surface area contributed by atoms with E-state index in [0.717, 1.165) is 13.1 Å². The third-order valence-electron chi connectivity index (χ3n) is 4.29. The summed E-state index contributed by atoms with van der Waals surface area (Å²) in [5, 5.41) is 15.3. The number of aliphatic hydroxyl groups excluding tert-OH is 1. The Hall–Kier alpha value is -0.860. The molecule has 2 atom stereocenters. The first-order valence-electron chi connectivity index (χ1n) is 8.07. The number of hydrogen-bond acceptors (Lipinski definition) is 5. The summed E-state index contributed by atoms with van der Waals surface area (Å²) >= 11 is 0. The van der Waals surface area contributed by atoms with Gasteiger partial charge in [0, 0.05) is 19.6 Å². The normalized spacial score (nSPS) is 26.5. The van der Waals surface area contributed by atoms with Crippen molar-refractivity contribution >= 4 is 15.9 Å². The molecule has 2 aliphatic heterocycles. The van der Waals surface area contributed by atoms with Crippen molar-refractivity contribution in [3.8, 4) is 0 Å². The highest BCUT2D eigenvalue weighted by Crippen LogP contribution is 2.17. The quantitative estimate of drug-likeness (QED) is 0.612. The van der Waals surface area contributed by atoms with E-state index in [1.54, 1.807) is 0 Å². The van der Waals surface area contributed by atoms with Gasteiger partial charge in [-0.15, -0.1) is 0 Å². The lowest BCUT2D eigenvalue weighted by Crippen LogP contribution is -2.45. The molecule has 0 bridgehead atoms. The summed E-state index contributed by atoms with van der Waals surface area (Å²) < 4.78 is 22.6. The SMILES string of the molecule is O=C(NCC(O)CN1CCCCC1)NCC1CCS(=O)(=O)C1. The molecule has 0 aliphatic carbocycles. The highest BCUT2D eigenvalue weighted by atomic mass is 32.2. The van der Waals surface area contributed by atoms with Gasteiger partial charge in [-0.1, -0.05) is 6.42 Å².